The minimum absolute atomic E-state index is 0.385. The van der Waals surface area contributed by atoms with E-state index in [1.807, 2.05) is 6.07 Å². The molecule has 0 atom stereocenters. The molecule has 0 N–H and O–H groups in total. The zero-order chi connectivity index (χ0) is 14.1. The third kappa shape index (κ3) is 2.42. The van der Waals surface area contributed by atoms with Gasteiger partial charge in [0, 0.05) is 17.0 Å². The first kappa shape index (κ1) is 12.8. The first-order valence-electron chi connectivity index (χ1n) is 7.02. The van der Waals surface area contributed by atoms with Crippen LogP contribution in [-0.4, -0.2) is 0 Å². The fraction of sp³-hybridized carbons (Fsp3) is 0.263. The van der Waals surface area contributed by atoms with Crippen molar-refractivity contribution in [3.63, 3.8) is 0 Å². The third-order valence-corrected chi connectivity index (χ3v) is 3.42. The Hall–Kier alpha value is -2.20. The summed E-state index contributed by atoms with van der Waals surface area (Å²) < 4.78 is 5.88. The molecule has 0 spiro atoms. The predicted octanol–water partition coefficient (Wildman–Crippen LogP) is 4.56. The van der Waals surface area contributed by atoms with E-state index in [4.69, 9.17) is 4.74 Å². The van der Waals surface area contributed by atoms with Gasteiger partial charge in [-0.05, 0) is 36.2 Å². The summed E-state index contributed by atoms with van der Waals surface area (Å²) in [6.45, 7) is 6.95. The minimum atomic E-state index is 0.385. The van der Waals surface area contributed by atoms with Gasteiger partial charge in [0.1, 0.15) is 12.4 Å². The van der Waals surface area contributed by atoms with Crippen LogP contribution < -0.4 is 4.74 Å². The summed E-state index contributed by atoms with van der Waals surface area (Å²) in [7, 11) is 0. The van der Waals surface area contributed by atoms with E-state index in [2.05, 4.69) is 62.9 Å². The van der Waals surface area contributed by atoms with Gasteiger partial charge in [-0.2, -0.15) is 0 Å². The van der Waals surface area contributed by atoms with E-state index in [0.717, 1.165) is 11.3 Å². The van der Waals surface area contributed by atoms with Crippen LogP contribution in [0.25, 0.3) is 11.1 Å². The molecule has 0 unspecified atom stereocenters. The molecular formula is C19H18O. The van der Waals surface area contributed by atoms with Crippen molar-refractivity contribution in [2.75, 3.05) is 0 Å². The number of hydrogen-bond donors (Lipinski definition) is 0. The van der Waals surface area contributed by atoms with Crippen LogP contribution in [0.1, 0.15) is 30.5 Å². The molecule has 2 aromatic carbocycles. The normalized spacial score (nSPS) is 12.0. The zero-order valence-electron chi connectivity index (χ0n) is 12.2. The molecule has 2 aromatic rings. The first-order valence-corrected chi connectivity index (χ1v) is 7.02. The Morgan fingerprint density at radius 3 is 2.65 bits per heavy atom. The minimum Gasteiger partial charge on any atom is -0.488 e. The summed E-state index contributed by atoms with van der Waals surface area (Å²) in [6, 6.07) is 12.8. The summed E-state index contributed by atoms with van der Waals surface area (Å²) in [4.78, 5) is 0. The highest BCUT2D eigenvalue weighted by Gasteiger charge is 2.17. The largest absolute Gasteiger partial charge is 0.488 e. The topological polar surface area (TPSA) is 9.23 Å². The molecule has 0 saturated carbocycles. The van der Waals surface area contributed by atoms with Crippen molar-refractivity contribution in [2.45, 2.75) is 27.4 Å². The lowest BCUT2D eigenvalue weighted by molar-refractivity contribution is 0.302. The molecule has 1 nitrogen and oxygen atoms in total. The van der Waals surface area contributed by atoms with E-state index >= 15 is 0 Å². The lowest BCUT2D eigenvalue weighted by Crippen LogP contribution is -2.05. The average Bonchev–Trinajstić information content (AvgIpc) is 2.44. The number of aryl methyl sites for hydroxylation is 1. The lowest BCUT2D eigenvalue weighted by atomic mass is 9.94. The second kappa shape index (κ2) is 5.06. The summed E-state index contributed by atoms with van der Waals surface area (Å²) in [5.41, 5.74) is 6.00. The van der Waals surface area contributed by atoms with Gasteiger partial charge < -0.3 is 4.74 Å². The van der Waals surface area contributed by atoms with Crippen LogP contribution >= 0.6 is 0 Å². The van der Waals surface area contributed by atoms with Crippen LogP contribution in [0.3, 0.4) is 0 Å². The molecule has 1 aliphatic rings. The SMILES string of the molecule is Cc1ccc2c(c1)COc1cc(C#CC(C)C)ccc1-2. The molecule has 0 bridgehead atoms. The Balaban J connectivity index is 2.04. The van der Waals surface area contributed by atoms with Crippen LogP contribution in [-0.2, 0) is 6.61 Å². The quantitative estimate of drug-likeness (QED) is 0.632. The number of hydrogen-bond acceptors (Lipinski definition) is 1. The molecule has 1 heterocycles. The summed E-state index contributed by atoms with van der Waals surface area (Å²) in [5.74, 6) is 7.71. The van der Waals surface area contributed by atoms with Crippen LogP contribution in [0, 0.1) is 24.7 Å². The zero-order valence-corrected chi connectivity index (χ0v) is 12.2. The Kier molecular flexibility index (Phi) is 3.24. The van der Waals surface area contributed by atoms with E-state index < -0.39 is 0 Å². The molecule has 20 heavy (non-hydrogen) atoms. The van der Waals surface area contributed by atoms with E-state index in [0.29, 0.717) is 12.5 Å². The number of benzene rings is 2. The van der Waals surface area contributed by atoms with E-state index in [-0.39, 0.29) is 0 Å². The predicted molar refractivity (Wildman–Crippen MR) is 82.7 cm³/mol. The van der Waals surface area contributed by atoms with Crippen molar-refractivity contribution in [1.29, 1.82) is 0 Å². The Morgan fingerprint density at radius 2 is 1.85 bits per heavy atom. The molecule has 1 aliphatic heterocycles. The molecule has 0 amide bonds. The van der Waals surface area contributed by atoms with Gasteiger partial charge in [-0.3, -0.25) is 0 Å². The van der Waals surface area contributed by atoms with Crippen molar-refractivity contribution in [3.8, 4) is 28.7 Å². The summed E-state index contributed by atoms with van der Waals surface area (Å²) in [5, 5.41) is 0. The van der Waals surface area contributed by atoms with Gasteiger partial charge in [-0.25, -0.2) is 0 Å². The van der Waals surface area contributed by atoms with Gasteiger partial charge in [0.15, 0.2) is 0 Å². The standard InChI is InChI=1S/C19H18O/c1-13(2)4-6-15-7-9-18-17-8-5-14(3)10-16(17)12-20-19(18)11-15/h5,7-11,13H,12H2,1-3H3. The van der Waals surface area contributed by atoms with E-state index in [1.54, 1.807) is 0 Å². The molecule has 100 valence electrons. The highest BCUT2D eigenvalue weighted by molar-refractivity contribution is 5.76. The van der Waals surface area contributed by atoms with Crippen molar-refractivity contribution in [1.82, 2.24) is 0 Å². The molecule has 1 heteroatoms. The summed E-state index contributed by atoms with van der Waals surface area (Å²) in [6.07, 6.45) is 0. The maximum absolute atomic E-state index is 5.88. The molecule has 0 aromatic heterocycles. The van der Waals surface area contributed by atoms with Gasteiger partial charge in [0.2, 0.25) is 0 Å². The van der Waals surface area contributed by atoms with Gasteiger partial charge in [-0.1, -0.05) is 49.5 Å². The van der Waals surface area contributed by atoms with E-state index in [1.165, 1.54) is 22.3 Å². The molecule has 0 aliphatic carbocycles. The smallest absolute Gasteiger partial charge is 0.128 e. The fourth-order valence-electron chi connectivity index (χ4n) is 2.43. The van der Waals surface area contributed by atoms with Crippen LogP contribution in [0.2, 0.25) is 0 Å². The number of rotatable bonds is 0. The van der Waals surface area contributed by atoms with Gasteiger partial charge in [0.05, 0.1) is 0 Å². The van der Waals surface area contributed by atoms with Crippen molar-refractivity contribution in [3.05, 3.63) is 53.1 Å². The molecule has 0 fully saturated rings. The average molecular weight is 262 g/mol. The highest BCUT2D eigenvalue weighted by Crippen LogP contribution is 2.38. The maximum Gasteiger partial charge on any atom is 0.128 e. The Morgan fingerprint density at radius 1 is 1.05 bits per heavy atom. The Bertz CT molecular complexity index is 714. The fourth-order valence-corrected chi connectivity index (χ4v) is 2.43. The molecule has 0 saturated heterocycles. The molecular weight excluding hydrogens is 244 g/mol. The lowest BCUT2D eigenvalue weighted by Gasteiger charge is -2.21. The molecule has 3 rings (SSSR count). The molecule has 0 radical (unpaired) electrons. The van der Waals surface area contributed by atoms with Gasteiger partial charge in [0.25, 0.3) is 0 Å². The van der Waals surface area contributed by atoms with Crippen LogP contribution in [0.4, 0.5) is 0 Å². The van der Waals surface area contributed by atoms with Crippen molar-refractivity contribution >= 4 is 0 Å². The number of ether oxygens (including phenoxy) is 1. The second-order valence-electron chi connectivity index (χ2n) is 5.58. The van der Waals surface area contributed by atoms with Crippen molar-refractivity contribution in [2.24, 2.45) is 5.92 Å². The van der Waals surface area contributed by atoms with Gasteiger partial charge >= 0.3 is 0 Å². The first-order chi connectivity index (χ1) is 9.63. The van der Waals surface area contributed by atoms with Crippen LogP contribution in [0.15, 0.2) is 36.4 Å². The third-order valence-electron chi connectivity index (χ3n) is 3.42. The van der Waals surface area contributed by atoms with E-state index in [9.17, 15) is 0 Å². The summed E-state index contributed by atoms with van der Waals surface area (Å²) >= 11 is 0. The maximum atomic E-state index is 5.88. The van der Waals surface area contributed by atoms with Crippen LogP contribution in [0.5, 0.6) is 5.75 Å². The Labute approximate surface area is 120 Å². The monoisotopic (exact) mass is 262 g/mol. The number of fused-ring (bicyclic) bond motifs is 3. The van der Waals surface area contributed by atoms with Gasteiger partial charge in [-0.15, -0.1) is 0 Å². The second-order valence-corrected chi connectivity index (χ2v) is 5.58. The van der Waals surface area contributed by atoms with Crippen molar-refractivity contribution < 1.29 is 4.74 Å². The highest BCUT2D eigenvalue weighted by atomic mass is 16.5.